The standard InChI is InChI=1S/C14H15NO4/c1-8(16)11-12(15-13(11)17)10-7-18-14(19-10)9-5-3-2-4-6-9/h2-6,10-12,14H,7H2,1H3,(H,15,17)/t10-,11-,12-,14?/m1/s1. The fourth-order valence-electron chi connectivity index (χ4n) is 2.54. The summed E-state index contributed by atoms with van der Waals surface area (Å²) in [6.45, 7) is 1.81. The Balaban J connectivity index is 1.67. The predicted octanol–water partition coefficient (Wildman–Crippen LogP) is 0.804. The number of β-lactam (4-membered cyclic amide) rings is 1. The first-order valence-electron chi connectivity index (χ1n) is 6.29. The zero-order chi connectivity index (χ0) is 13.4. The van der Waals surface area contributed by atoms with Crippen molar-refractivity contribution in [3.63, 3.8) is 0 Å². The summed E-state index contributed by atoms with van der Waals surface area (Å²) in [6.07, 6.45) is -0.687. The molecule has 100 valence electrons. The highest BCUT2D eigenvalue weighted by Gasteiger charge is 2.49. The Labute approximate surface area is 110 Å². The van der Waals surface area contributed by atoms with Gasteiger partial charge < -0.3 is 14.8 Å². The van der Waals surface area contributed by atoms with Gasteiger partial charge in [-0.25, -0.2) is 0 Å². The van der Waals surface area contributed by atoms with E-state index in [0.717, 1.165) is 5.56 Å². The minimum absolute atomic E-state index is 0.125. The molecule has 0 radical (unpaired) electrons. The molecule has 2 heterocycles. The minimum Gasteiger partial charge on any atom is -0.349 e. The Morgan fingerprint density at radius 1 is 1.32 bits per heavy atom. The number of nitrogens with one attached hydrogen (secondary N) is 1. The molecule has 2 aliphatic rings. The molecule has 5 nitrogen and oxygen atoms in total. The smallest absolute Gasteiger partial charge is 0.233 e. The van der Waals surface area contributed by atoms with Gasteiger partial charge >= 0.3 is 0 Å². The molecule has 0 saturated carbocycles. The van der Waals surface area contributed by atoms with Crippen molar-refractivity contribution in [1.82, 2.24) is 5.32 Å². The van der Waals surface area contributed by atoms with Gasteiger partial charge in [-0.15, -0.1) is 0 Å². The van der Waals surface area contributed by atoms with Crippen LogP contribution in [0, 0.1) is 5.92 Å². The van der Waals surface area contributed by atoms with E-state index in [1.165, 1.54) is 6.92 Å². The van der Waals surface area contributed by atoms with Gasteiger partial charge in [0.1, 0.15) is 17.8 Å². The number of benzene rings is 1. The molecule has 1 amide bonds. The van der Waals surface area contributed by atoms with E-state index in [1.807, 2.05) is 30.3 Å². The lowest BCUT2D eigenvalue weighted by atomic mass is 9.84. The van der Waals surface area contributed by atoms with Gasteiger partial charge in [-0.2, -0.15) is 0 Å². The molecule has 5 heteroatoms. The zero-order valence-corrected chi connectivity index (χ0v) is 10.5. The molecule has 2 fully saturated rings. The maximum atomic E-state index is 11.4. The lowest BCUT2D eigenvalue weighted by Gasteiger charge is -2.37. The summed E-state index contributed by atoms with van der Waals surface area (Å²) in [6, 6.07) is 9.34. The lowest BCUT2D eigenvalue weighted by molar-refractivity contribution is -0.148. The molecule has 0 bridgehead atoms. The SMILES string of the molecule is CC(=O)[C@H]1C(=O)N[C@@H]1[C@H]1COC(c2ccccc2)O1. The molecule has 0 aliphatic carbocycles. The Kier molecular flexibility index (Phi) is 3.08. The van der Waals surface area contributed by atoms with Crippen LogP contribution in [0.2, 0.25) is 0 Å². The number of carbonyl (C=O) groups excluding carboxylic acids is 2. The number of hydrogen-bond acceptors (Lipinski definition) is 4. The number of ketones is 1. The average molecular weight is 261 g/mol. The largest absolute Gasteiger partial charge is 0.349 e. The molecule has 19 heavy (non-hydrogen) atoms. The molecule has 3 rings (SSSR count). The summed E-state index contributed by atoms with van der Waals surface area (Å²) in [4.78, 5) is 22.8. The number of ether oxygens (including phenoxy) is 2. The van der Waals surface area contributed by atoms with Crippen LogP contribution in [0.15, 0.2) is 30.3 Å². The van der Waals surface area contributed by atoms with Crippen molar-refractivity contribution in [3.05, 3.63) is 35.9 Å². The first-order valence-corrected chi connectivity index (χ1v) is 6.29. The molecule has 2 saturated heterocycles. The van der Waals surface area contributed by atoms with Gasteiger partial charge in [0.25, 0.3) is 0 Å². The van der Waals surface area contributed by atoms with Gasteiger partial charge in [-0.3, -0.25) is 9.59 Å². The van der Waals surface area contributed by atoms with Crippen LogP contribution in [0.5, 0.6) is 0 Å². The Morgan fingerprint density at radius 3 is 2.68 bits per heavy atom. The van der Waals surface area contributed by atoms with E-state index in [2.05, 4.69) is 5.32 Å². The van der Waals surface area contributed by atoms with Crippen LogP contribution in [0.1, 0.15) is 18.8 Å². The second kappa shape index (κ2) is 4.75. The van der Waals surface area contributed by atoms with Crippen LogP contribution in [0.4, 0.5) is 0 Å². The molecule has 1 unspecified atom stereocenters. The minimum atomic E-state index is -0.594. The second-order valence-electron chi connectivity index (χ2n) is 4.87. The van der Waals surface area contributed by atoms with Gasteiger partial charge in [0, 0.05) is 5.56 Å². The maximum absolute atomic E-state index is 11.4. The Bertz CT molecular complexity index is 493. The number of amides is 1. The predicted molar refractivity (Wildman–Crippen MR) is 66.1 cm³/mol. The van der Waals surface area contributed by atoms with Crippen LogP contribution in [0.25, 0.3) is 0 Å². The summed E-state index contributed by atoms with van der Waals surface area (Å²) in [5.74, 6) is -0.937. The highest BCUT2D eigenvalue weighted by Crippen LogP contribution is 2.32. The average Bonchev–Trinajstić information content (AvgIpc) is 2.85. The second-order valence-corrected chi connectivity index (χ2v) is 4.87. The van der Waals surface area contributed by atoms with Crippen molar-refractivity contribution in [2.45, 2.75) is 25.4 Å². The third kappa shape index (κ3) is 2.15. The van der Waals surface area contributed by atoms with Gasteiger partial charge in [-0.1, -0.05) is 30.3 Å². The normalized spacial score (nSPS) is 33.6. The van der Waals surface area contributed by atoms with Crippen LogP contribution in [-0.2, 0) is 19.1 Å². The molecule has 0 aromatic heterocycles. The summed E-state index contributed by atoms with van der Waals surface area (Å²) >= 11 is 0. The van der Waals surface area contributed by atoms with Crippen LogP contribution in [-0.4, -0.2) is 30.4 Å². The van der Waals surface area contributed by atoms with Crippen molar-refractivity contribution < 1.29 is 19.1 Å². The van der Waals surface area contributed by atoms with Crippen molar-refractivity contribution in [2.75, 3.05) is 6.61 Å². The van der Waals surface area contributed by atoms with Crippen LogP contribution < -0.4 is 5.32 Å². The number of Topliss-reactive ketones (excluding diaryl/α,β-unsaturated/α-hetero) is 1. The van der Waals surface area contributed by atoms with E-state index in [1.54, 1.807) is 0 Å². The fourth-order valence-corrected chi connectivity index (χ4v) is 2.54. The molecule has 2 aliphatic heterocycles. The first kappa shape index (κ1) is 12.3. The van der Waals surface area contributed by atoms with Crippen molar-refractivity contribution in [1.29, 1.82) is 0 Å². The summed E-state index contributed by atoms with van der Waals surface area (Å²) in [5, 5.41) is 2.72. The van der Waals surface area contributed by atoms with Gasteiger partial charge in [-0.05, 0) is 6.92 Å². The highest BCUT2D eigenvalue weighted by atomic mass is 16.7. The van der Waals surface area contributed by atoms with Crippen LogP contribution >= 0.6 is 0 Å². The molecule has 1 N–H and O–H groups in total. The van der Waals surface area contributed by atoms with Gasteiger partial charge in [0.2, 0.25) is 5.91 Å². The van der Waals surface area contributed by atoms with Gasteiger partial charge in [0.05, 0.1) is 12.6 Å². The van der Waals surface area contributed by atoms with E-state index in [0.29, 0.717) is 6.61 Å². The summed E-state index contributed by atoms with van der Waals surface area (Å²) in [5.41, 5.74) is 0.940. The number of carbonyl (C=O) groups is 2. The highest BCUT2D eigenvalue weighted by molar-refractivity contribution is 6.05. The van der Waals surface area contributed by atoms with Crippen LogP contribution in [0.3, 0.4) is 0 Å². The molecular formula is C14H15NO4. The monoisotopic (exact) mass is 261 g/mol. The van der Waals surface area contributed by atoms with E-state index in [4.69, 9.17) is 9.47 Å². The molecule has 1 aromatic carbocycles. The topological polar surface area (TPSA) is 64.6 Å². The Morgan fingerprint density at radius 2 is 2.05 bits per heavy atom. The van der Waals surface area contributed by atoms with E-state index >= 15 is 0 Å². The zero-order valence-electron chi connectivity index (χ0n) is 10.5. The summed E-state index contributed by atoms with van der Waals surface area (Å²) in [7, 11) is 0. The van der Waals surface area contributed by atoms with E-state index in [9.17, 15) is 9.59 Å². The maximum Gasteiger partial charge on any atom is 0.233 e. The first-order chi connectivity index (χ1) is 9.16. The third-order valence-corrected chi connectivity index (χ3v) is 3.57. The Hall–Kier alpha value is -1.72. The number of rotatable bonds is 3. The van der Waals surface area contributed by atoms with Gasteiger partial charge in [0.15, 0.2) is 6.29 Å². The molecule has 1 aromatic rings. The third-order valence-electron chi connectivity index (χ3n) is 3.57. The quantitative estimate of drug-likeness (QED) is 0.646. The van der Waals surface area contributed by atoms with Crippen molar-refractivity contribution >= 4 is 11.7 Å². The van der Waals surface area contributed by atoms with E-state index in [-0.39, 0.29) is 23.8 Å². The molecular weight excluding hydrogens is 246 g/mol. The lowest BCUT2D eigenvalue weighted by Crippen LogP contribution is -2.66. The molecule has 0 spiro atoms. The fraction of sp³-hybridized carbons (Fsp3) is 0.429. The van der Waals surface area contributed by atoms with Crippen molar-refractivity contribution in [2.24, 2.45) is 5.92 Å². The number of hydrogen-bond donors (Lipinski definition) is 1. The molecule has 4 atom stereocenters. The summed E-state index contributed by atoms with van der Waals surface area (Å²) < 4.78 is 11.4. The van der Waals surface area contributed by atoms with Crippen molar-refractivity contribution in [3.8, 4) is 0 Å². The van der Waals surface area contributed by atoms with E-state index < -0.39 is 12.2 Å².